The van der Waals surface area contributed by atoms with E-state index < -0.39 is 0 Å². The molecule has 0 fully saturated rings. The van der Waals surface area contributed by atoms with Gasteiger partial charge >= 0.3 is 0 Å². The maximum absolute atomic E-state index is 11.8. The third kappa shape index (κ3) is 1.52. The summed E-state index contributed by atoms with van der Waals surface area (Å²) in [6.07, 6.45) is 1.69. The number of hydrogen-bond acceptors (Lipinski definition) is 2. The highest BCUT2D eigenvalue weighted by Gasteiger charge is 2.00. The maximum atomic E-state index is 11.8. The van der Waals surface area contributed by atoms with Crippen LogP contribution in [-0.2, 0) is 0 Å². The second-order valence-corrected chi connectivity index (χ2v) is 3.88. The van der Waals surface area contributed by atoms with Crippen LogP contribution in [0.15, 0.2) is 64.3 Å². The van der Waals surface area contributed by atoms with Crippen molar-refractivity contribution in [3.05, 3.63) is 75.3 Å². The molecule has 82 valence electrons. The van der Waals surface area contributed by atoms with Crippen LogP contribution in [0.1, 0.15) is 0 Å². The molecular formula is C14H9NO2. The highest BCUT2D eigenvalue weighted by molar-refractivity contribution is 5.95. The molecule has 0 saturated carbocycles. The van der Waals surface area contributed by atoms with E-state index in [-0.39, 0.29) is 11.0 Å². The van der Waals surface area contributed by atoms with Crippen LogP contribution in [0.25, 0.3) is 16.3 Å². The average Bonchev–Trinajstić information content (AvgIpc) is 2.50. The molecule has 2 heterocycles. The van der Waals surface area contributed by atoms with Gasteiger partial charge in [0.2, 0.25) is 0 Å². The first-order valence-electron chi connectivity index (χ1n) is 5.30. The van der Waals surface area contributed by atoms with Gasteiger partial charge in [-0.25, -0.2) is 0 Å². The molecule has 0 atom stereocenters. The quantitative estimate of drug-likeness (QED) is 0.583. The van der Waals surface area contributed by atoms with Crippen molar-refractivity contribution in [2.24, 2.45) is 0 Å². The second-order valence-electron chi connectivity index (χ2n) is 3.88. The molecule has 0 spiro atoms. The summed E-state index contributed by atoms with van der Waals surface area (Å²) < 4.78 is 1.49. The van der Waals surface area contributed by atoms with Crippen molar-refractivity contribution >= 4 is 16.3 Å². The summed E-state index contributed by atoms with van der Waals surface area (Å²) in [6.45, 7) is 0. The van der Waals surface area contributed by atoms with E-state index in [9.17, 15) is 9.59 Å². The van der Waals surface area contributed by atoms with Crippen molar-refractivity contribution in [2.45, 2.75) is 0 Å². The third-order valence-electron chi connectivity index (χ3n) is 2.81. The van der Waals surface area contributed by atoms with Crippen LogP contribution in [0.4, 0.5) is 0 Å². The van der Waals surface area contributed by atoms with E-state index in [2.05, 4.69) is 0 Å². The molecule has 0 radical (unpaired) electrons. The summed E-state index contributed by atoms with van der Waals surface area (Å²) in [5.41, 5.74) is 0.275. The summed E-state index contributed by atoms with van der Waals surface area (Å²) in [4.78, 5) is 23.3. The summed E-state index contributed by atoms with van der Waals surface area (Å²) in [7, 11) is 0. The molecule has 3 heteroatoms. The topological polar surface area (TPSA) is 38.5 Å². The molecule has 0 saturated heterocycles. The fraction of sp³-hybridized carbons (Fsp3) is 0. The zero-order chi connectivity index (χ0) is 11.8. The Morgan fingerprint density at radius 1 is 0.882 bits per heavy atom. The second kappa shape index (κ2) is 3.56. The zero-order valence-electron chi connectivity index (χ0n) is 8.96. The molecule has 0 aliphatic heterocycles. The average molecular weight is 223 g/mol. The molecule has 0 aliphatic rings. The van der Waals surface area contributed by atoms with Crippen LogP contribution < -0.4 is 11.0 Å². The predicted molar refractivity (Wildman–Crippen MR) is 67.4 cm³/mol. The number of nitrogens with zero attached hydrogens (tertiary/aromatic N) is 1. The van der Waals surface area contributed by atoms with E-state index in [1.807, 2.05) is 30.3 Å². The SMILES string of the molecule is O=c1ccc(=O)n2ccc3ccccc3c2c1. The zero-order valence-corrected chi connectivity index (χ0v) is 8.96. The van der Waals surface area contributed by atoms with Crippen LogP contribution >= 0.6 is 0 Å². The Morgan fingerprint density at radius 2 is 1.71 bits per heavy atom. The van der Waals surface area contributed by atoms with E-state index in [4.69, 9.17) is 0 Å². The van der Waals surface area contributed by atoms with Crippen molar-refractivity contribution in [1.82, 2.24) is 4.40 Å². The van der Waals surface area contributed by atoms with Gasteiger partial charge in [-0.15, -0.1) is 0 Å². The van der Waals surface area contributed by atoms with Crippen LogP contribution in [0.3, 0.4) is 0 Å². The number of aromatic nitrogens is 1. The molecule has 3 rings (SSSR count). The van der Waals surface area contributed by atoms with Gasteiger partial charge in [-0.05, 0) is 17.5 Å². The Hall–Kier alpha value is -2.42. The number of hydrogen-bond donors (Lipinski definition) is 0. The summed E-state index contributed by atoms with van der Waals surface area (Å²) in [5, 5.41) is 1.91. The van der Waals surface area contributed by atoms with Gasteiger partial charge in [-0.2, -0.15) is 0 Å². The van der Waals surface area contributed by atoms with Gasteiger partial charge in [-0.1, -0.05) is 24.3 Å². The molecule has 3 aromatic rings. The van der Waals surface area contributed by atoms with Crippen LogP contribution in [0.2, 0.25) is 0 Å². The Balaban J connectivity index is 2.73. The summed E-state index contributed by atoms with van der Waals surface area (Å²) in [6, 6.07) is 13.6. The maximum Gasteiger partial charge on any atom is 0.255 e. The first-order valence-corrected chi connectivity index (χ1v) is 5.30. The lowest BCUT2D eigenvalue weighted by atomic mass is 10.1. The Morgan fingerprint density at radius 3 is 2.59 bits per heavy atom. The first kappa shape index (κ1) is 9.78. The van der Waals surface area contributed by atoms with E-state index in [1.54, 1.807) is 6.20 Å². The molecule has 0 aliphatic carbocycles. The molecule has 0 N–H and O–H groups in total. The van der Waals surface area contributed by atoms with Crippen molar-refractivity contribution in [2.75, 3.05) is 0 Å². The molecule has 1 aromatic carbocycles. The van der Waals surface area contributed by atoms with Gasteiger partial charge in [0, 0.05) is 23.7 Å². The Kier molecular flexibility index (Phi) is 2.05. The van der Waals surface area contributed by atoms with E-state index in [0.717, 1.165) is 10.8 Å². The highest BCUT2D eigenvalue weighted by Crippen LogP contribution is 2.16. The van der Waals surface area contributed by atoms with Crippen molar-refractivity contribution in [1.29, 1.82) is 0 Å². The Bertz CT molecular complexity index is 834. The number of rotatable bonds is 0. The van der Waals surface area contributed by atoms with E-state index in [1.165, 1.54) is 22.6 Å². The van der Waals surface area contributed by atoms with E-state index >= 15 is 0 Å². The molecular weight excluding hydrogens is 214 g/mol. The minimum absolute atomic E-state index is 0.166. The van der Waals surface area contributed by atoms with Gasteiger partial charge in [0.15, 0.2) is 5.43 Å². The molecule has 2 aromatic heterocycles. The van der Waals surface area contributed by atoms with Gasteiger partial charge in [0.25, 0.3) is 5.56 Å². The predicted octanol–water partition coefficient (Wildman–Crippen LogP) is 1.81. The van der Waals surface area contributed by atoms with Crippen LogP contribution in [0, 0.1) is 0 Å². The molecule has 17 heavy (non-hydrogen) atoms. The largest absolute Gasteiger partial charge is 0.290 e. The highest BCUT2D eigenvalue weighted by atomic mass is 16.1. The number of benzene rings is 1. The molecule has 0 unspecified atom stereocenters. The van der Waals surface area contributed by atoms with Gasteiger partial charge < -0.3 is 0 Å². The minimum Gasteiger partial charge on any atom is -0.290 e. The Labute approximate surface area is 96.6 Å². The lowest BCUT2D eigenvalue weighted by Gasteiger charge is -2.01. The summed E-state index contributed by atoms with van der Waals surface area (Å²) >= 11 is 0. The number of pyridine rings is 1. The standard InChI is InChI=1S/C14H9NO2/c16-11-5-6-14(17)15-8-7-10-3-1-2-4-12(10)13(15)9-11/h1-9H. The smallest absolute Gasteiger partial charge is 0.255 e. The third-order valence-corrected chi connectivity index (χ3v) is 2.81. The molecule has 0 amide bonds. The fourth-order valence-electron chi connectivity index (χ4n) is 2.00. The normalized spacial score (nSPS) is 10.8. The number of fused-ring (bicyclic) bond motifs is 3. The summed E-state index contributed by atoms with van der Waals surface area (Å²) in [5.74, 6) is 0. The van der Waals surface area contributed by atoms with Gasteiger partial charge in [0.1, 0.15) is 0 Å². The monoisotopic (exact) mass is 223 g/mol. The lowest BCUT2D eigenvalue weighted by Crippen LogP contribution is -2.08. The van der Waals surface area contributed by atoms with Gasteiger partial charge in [-0.3, -0.25) is 14.0 Å². The van der Waals surface area contributed by atoms with E-state index in [0.29, 0.717) is 5.52 Å². The van der Waals surface area contributed by atoms with Gasteiger partial charge in [0.05, 0.1) is 5.52 Å². The van der Waals surface area contributed by atoms with Crippen molar-refractivity contribution in [3.63, 3.8) is 0 Å². The van der Waals surface area contributed by atoms with Crippen molar-refractivity contribution < 1.29 is 0 Å². The fourth-order valence-corrected chi connectivity index (χ4v) is 2.00. The lowest BCUT2D eigenvalue weighted by molar-refractivity contribution is 1.12. The van der Waals surface area contributed by atoms with Crippen LogP contribution in [0.5, 0.6) is 0 Å². The van der Waals surface area contributed by atoms with Crippen LogP contribution in [-0.4, -0.2) is 4.40 Å². The molecule has 0 bridgehead atoms. The first-order chi connectivity index (χ1) is 8.25. The van der Waals surface area contributed by atoms with Crippen molar-refractivity contribution in [3.8, 4) is 0 Å². The molecule has 3 nitrogen and oxygen atoms in total. The minimum atomic E-state index is -0.201.